The van der Waals surface area contributed by atoms with Crippen LogP contribution in [0.5, 0.6) is 0 Å². The van der Waals surface area contributed by atoms with Crippen LogP contribution >= 0.6 is 0 Å². The van der Waals surface area contributed by atoms with Crippen molar-refractivity contribution in [2.45, 2.75) is 26.7 Å². The molecule has 0 fully saturated rings. The van der Waals surface area contributed by atoms with Gasteiger partial charge in [-0.15, -0.1) is 0 Å². The molecule has 0 radical (unpaired) electrons. The Labute approximate surface area is 116 Å². The van der Waals surface area contributed by atoms with Crippen LogP contribution in [0.3, 0.4) is 0 Å². The second-order valence-electron chi connectivity index (χ2n) is 4.93. The quantitative estimate of drug-likeness (QED) is 0.927. The Balaban J connectivity index is 2.27. The molecule has 20 heavy (non-hydrogen) atoms. The highest BCUT2D eigenvalue weighted by atomic mass is 16.5. The van der Waals surface area contributed by atoms with Gasteiger partial charge < -0.3 is 9.63 Å². The van der Waals surface area contributed by atoms with E-state index < -0.39 is 11.6 Å². The first-order chi connectivity index (χ1) is 9.40. The van der Waals surface area contributed by atoms with E-state index in [1.165, 1.54) is 10.3 Å². The van der Waals surface area contributed by atoms with Crippen LogP contribution in [0.25, 0.3) is 0 Å². The lowest BCUT2D eigenvalue weighted by atomic mass is 10.00. The molecule has 0 bridgehead atoms. The smallest absolute Gasteiger partial charge is 0.372 e. The molecule has 1 heterocycles. The maximum atomic E-state index is 11.5. The summed E-state index contributed by atoms with van der Waals surface area (Å²) in [5, 5.41) is 9.07. The number of carbonyl (C=O) groups is 1. The summed E-state index contributed by atoms with van der Waals surface area (Å²) in [7, 11) is 1.55. The van der Waals surface area contributed by atoms with E-state index in [0.29, 0.717) is 18.5 Å². The molecular weight excluding hydrogens is 258 g/mol. The molecule has 0 saturated heterocycles. The minimum Gasteiger partial charge on any atom is -0.477 e. The van der Waals surface area contributed by atoms with Crippen LogP contribution in [-0.2, 0) is 19.9 Å². The standard InChI is InChI=1S/C15H17NO4/c1-9-4-5-11(10(2)8-9)6-7-12-13(14(17)18)15(19)20-16(12)3/h4-5,8H,6-7H2,1-3H3,(H,17,18). The Hall–Kier alpha value is -2.30. The molecule has 0 unspecified atom stereocenters. The first-order valence-corrected chi connectivity index (χ1v) is 6.38. The second-order valence-corrected chi connectivity index (χ2v) is 4.93. The van der Waals surface area contributed by atoms with Crippen LogP contribution in [0.2, 0.25) is 0 Å². The lowest BCUT2D eigenvalue weighted by Gasteiger charge is -2.07. The van der Waals surface area contributed by atoms with E-state index in [2.05, 4.69) is 6.07 Å². The molecule has 1 aromatic carbocycles. The van der Waals surface area contributed by atoms with Crippen molar-refractivity contribution in [1.29, 1.82) is 0 Å². The Bertz CT molecular complexity index is 709. The van der Waals surface area contributed by atoms with Crippen molar-refractivity contribution >= 4 is 5.97 Å². The fraction of sp³-hybridized carbons (Fsp3) is 0.333. The van der Waals surface area contributed by atoms with E-state index in [9.17, 15) is 9.59 Å². The molecule has 5 nitrogen and oxygen atoms in total. The third-order valence-electron chi connectivity index (χ3n) is 3.44. The lowest BCUT2D eigenvalue weighted by molar-refractivity contribution is 0.0693. The predicted molar refractivity (Wildman–Crippen MR) is 74.2 cm³/mol. The molecule has 1 aromatic heterocycles. The molecule has 1 N–H and O–H groups in total. The Morgan fingerprint density at radius 2 is 2.00 bits per heavy atom. The molecule has 0 spiro atoms. The van der Waals surface area contributed by atoms with Gasteiger partial charge in [-0.1, -0.05) is 23.8 Å². The van der Waals surface area contributed by atoms with Crippen molar-refractivity contribution in [3.05, 3.63) is 56.6 Å². The number of carboxylic acid groups (broad SMARTS) is 1. The molecular formula is C15H17NO4. The number of benzene rings is 1. The van der Waals surface area contributed by atoms with Crippen LogP contribution in [0.15, 0.2) is 27.5 Å². The molecule has 2 rings (SSSR count). The zero-order chi connectivity index (χ0) is 14.9. The zero-order valence-corrected chi connectivity index (χ0v) is 11.8. The van der Waals surface area contributed by atoms with Crippen molar-refractivity contribution in [2.24, 2.45) is 7.05 Å². The van der Waals surface area contributed by atoms with Gasteiger partial charge in [0.15, 0.2) is 5.56 Å². The maximum absolute atomic E-state index is 11.5. The summed E-state index contributed by atoms with van der Waals surface area (Å²) < 4.78 is 6.07. The van der Waals surface area contributed by atoms with E-state index >= 15 is 0 Å². The highest BCUT2D eigenvalue weighted by molar-refractivity contribution is 5.88. The number of rotatable bonds is 4. The van der Waals surface area contributed by atoms with Crippen molar-refractivity contribution < 1.29 is 14.4 Å². The van der Waals surface area contributed by atoms with E-state index in [1.807, 2.05) is 26.0 Å². The van der Waals surface area contributed by atoms with Gasteiger partial charge >= 0.3 is 11.6 Å². The summed E-state index contributed by atoms with van der Waals surface area (Å²) in [6, 6.07) is 6.14. The minimum atomic E-state index is -1.24. The summed E-state index contributed by atoms with van der Waals surface area (Å²) in [5.41, 5.74) is 2.85. The molecule has 0 aliphatic heterocycles. The van der Waals surface area contributed by atoms with Crippen molar-refractivity contribution in [3.63, 3.8) is 0 Å². The van der Waals surface area contributed by atoms with Gasteiger partial charge in [-0.2, -0.15) is 0 Å². The lowest BCUT2D eigenvalue weighted by Crippen LogP contribution is -2.12. The van der Waals surface area contributed by atoms with E-state index in [1.54, 1.807) is 7.05 Å². The topological polar surface area (TPSA) is 72.4 Å². The van der Waals surface area contributed by atoms with Crippen LogP contribution in [-0.4, -0.2) is 15.8 Å². The van der Waals surface area contributed by atoms with Crippen LogP contribution in [0.4, 0.5) is 0 Å². The molecule has 2 aromatic rings. The molecule has 0 saturated carbocycles. The fourth-order valence-electron chi connectivity index (χ4n) is 2.37. The van der Waals surface area contributed by atoms with Crippen molar-refractivity contribution in [1.82, 2.24) is 4.74 Å². The van der Waals surface area contributed by atoms with Gasteiger partial charge in [0.05, 0.1) is 5.69 Å². The van der Waals surface area contributed by atoms with Gasteiger partial charge in [0.2, 0.25) is 0 Å². The second kappa shape index (κ2) is 5.36. The summed E-state index contributed by atoms with van der Waals surface area (Å²) in [5.74, 6) is -1.24. The van der Waals surface area contributed by atoms with E-state index in [0.717, 1.165) is 11.1 Å². The highest BCUT2D eigenvalue weighted by Crippen LogP contribution is 2.15. The molecule has 0 atom stereocenters. The number of carboxylic acids is 1. The Kier molecular flexibility index (Phi) is 3.79. The number of hydrogen-bond donors (Lipinski definition) is 1. The SMILES string of the molecule is Cc1ccc(CCc2c(C(=O)O)c(=O)on2C)c(C)c1. The monoisotopic (exact) mass is 275 g/mol. The fourth-order valence-corrected chi connectivity index (χ4v) is 2.37. The van der Waals surface area contributed by atoms with Crippen LogP contribution < -0.4 is 5.63 Å². The van der Waals surface area contributed by atoms with Gasteiger partial charge in [0.25, 0.3) is 0 Å². The number of hydrogen-bond acceptors (Lipinski definition) is 3. The Morgan fingerprint density at radius 3 is 2.60 bits per heavy atom. The summed E-state index contributed by atoms with van der Waals surface area (Å²) >= 11 is 0. The number of aromatic carboxylic acids is 1. The third kappa shape index (κ3) is 2.66. The normalized spacial score (nSPS) is 10.8. The van der Waals surface area contributed by atoms with Gasteiger partial charge in [0.1, 0.15) is 0 Å². The molecule has 0 aliphatic rings. The predicted octanol–water partition coefficient (Wildman–Crippen LogP) is 2.08. The minimum absolute atomic E-state index is 0.266. The van der Waals surface area contributed by atoms with Crippen LogP contribution in [0, 0.1) is 13.8 Å². The van der Waals surface area contributed by atoms with Gasteiger partial charge in [-0.05, 0) is 37.8 Å². The van der Waals surface area contributed by atoms with E-state index in [-0.39, 0.29) is 5.56 Å². The average Bonchev–Trinajstić information content (AvgIpc) is 2.63. The first kappa shape index (κ1) is 14.1. The van der Waals surface area contributed by atoms with Crippen molar-refractivity contribution in [3.8, 4) is 0 Å². The average molecular weight is 275 g/mol. The van der Waals surface area contributed by atoms with E-state index in [4.69, 9.17) is 9.63 Å². The summed E-state index contributed by atoms with van der Waals surface area (Å²) in [4.78, 5) is 22.6. The Morgan fingerprint density at radius 1 is 1.30 bits per heavy atom. The van der Waals surface area contributed by atoms with Crippen molar-refractivity contribution in [2.75, 3.05) is 0 Å². The molecule has 0 amide bonds. The van der Waals surface area contributed by atoms with Crippen LogP contribution in [0.1, 0.15) is 32.7 Å². The van der Waals surface area contributed by atoms with Gasteiger partial charge in [0, 0.05) is 7.05 Å². The maximum Gasteiger partial charge on any atom is 0.372 e. The highest BCUT2D eigenvalue weighted by Gasteiger charge is 2.21. The third-order valence-corrected chi connectivity index (χ3v) is 3.44. The molecule has 5 heteroatoms. The van der Waals surface area contributed by atoms with Gasteiger partial charge in [-0.3, -0.25) is 0 Å². The molecule has 106 valence electrons. The largest absolute Gasteiger partial charge is 0.477 e. The molecule has 0 aliphatic carbocycles. The summed E-state index contributed by atoms with van der Waals surface area (Å²) in [6.45, 7) is 4.05. The number of nitrogens with zero attached hydrogens (tertiary/aromatic N) is 1. The number of aromatic nitrogens is 1. The summed E-state index contributed by atoms with van der Waals surface area (Å²) in [6.07, 6.45) is 1.12. The number of aryl methyl sites for hydroxylation is 4. The van der Waals surface area contributed by atoms with Gasteiger partial charge in [-0.25, -0.2) is 14.3 Å². The zero-order valence-electron chi connectivity index (χ0n) is 11.8. The first-order valence-electron chi connectivity index (χ1n) is 6.38.